The number of likely N-dealkylation sites (N-methyl/N-ethyl adjacent to an activating group) is 1. The van der Waals surface area contributed by atoms with Crippen LogP contribution in [0.5, 0.6) is 0 Å². The van der Waals surface area contributed by atoms with Gasteiger partial charge in [-0.25, -0.2) is 0 Å². The predicted octanol–water partition coefficient (Wildman–Crippen LogP) is 3.66. The van der Waals surface area contributed by atoms with Crippen molar-refractivity contribution < 1.29 is 4.79 Å². The minimum absolute atomic E-state index is 0.00337. The molecule has 0 aliphatic carbocycles. The third-order valence-electron chi connectivity index (χ3n) is 4.67. The highest BCUT2D eigenvalue weighted by molar-refractivity contribution is 6.00. The van der Waals surface area contributed by atoms with Gasteiger partial charge in [-0.05, 0) is 18.4 Å². The lowest BCUT2D eigenvalue weighted by atomic mass is 9.81. The van der Waals surface area contributed by atoms with Gasteiger partial charge in [0.2, 0.25) is 5.78 Å². The second-order valence-corrected chi connectivity index (χ2v) is 6.25. The number of carbonyl (C=O) groups excluding carboxylic acids is 1. The molecule has 1 heterocycles. The molecule has 3 rings (SSSR count). The second-order valence-electron chi connectivity index (χ2n) is 6.25. The van der Waals surface area contributed by atoms with E-state index >= 15 is 0 Å². The van der Waals surface area contributed by atoms with Crippen molar-refractivity contribution >= 4 is 5.78 Å². The highest BCUT2D eigenvalue weighted by Crippen LogP contribution is 2.27. The zero-order valence-electron chi connectivity index (χ0n) is 13.1. The maximum absolute atomic E-state index is 13.0. The van der Waals surface area contributed by atoms with E-state index < -0.39 is 0 Å². The van der Waals surface area contributed by atoms with Crippen LogP contribution in [0.4, 0.5) is 0 Å². The molecule has 1 fully saturated rings. The van der Waals surface area contributed by atoms with Gasteiger partial charge in [0, 0.05) is 17.9 Å². The van der Waals surface area contributed by atoms with E-state index in [0.717, 1.165) is 24.9 Å². The molecule has 113 valence electrons. The number of piperidine rings is 1. The molecule has 0 spiro atoms. The lowest BCUT2D eigenvalue weighted by Crippen LogP contribution is -2.52. The van der Waals surface area contributed by atoms with Crippen molar-refractivity contribution in [3.8, 4) is 0 Å². The summed E-state index contributed by atoms with van der Waals surface area (Å²) in [6.45, 7) is 1.01. The Morgan fingerprint density at radius 1 is 1.05 bits per heavy atom. The topological polar surface area (TPSA) is 23.0 Å². The van der Waals surface area contributed by atoms with E-state index in [1.54, 1.807) is 0 Å². The number of ketones is 1. The Morgan fingerprint density at radius 3 is 2.36 bits per heavy atom. The summed E-state index contributed by atoms with van der Waals surface area (Å²) in [4.78, 5) is 15.2. The van der Waals surface area contributed by atoms with Gasteiger partial charge in [-0.2, -0.15) is 4.90 Å². The normalized spacial score (nSPS) is 22.4. The first-order valence-corrected chi connectivity index (χ1v) is 8.09. The summed E-state index contributed by atoms with van der Waals surface area (Å²) < 4.78 is 0. The molecule has 0 bridgehead atoms. The number of likely N-dealkylation sites (tertiary alicyclic amines) is 1. The second kappa shape index (κ2) is 6.89. The molecule has 0 amide bonds. The smallest absolute Gasteiger partial charge is 0.225 e. The SMILES string of the molecule is C[N+]1CCCC(Cc2ccccc2)C1C(=O)c1ccccc1. The van der Waals surface area contributed by atoms with Crippen LogP contribution in [-0.4, -0.2) is 25.4 Å². The molecule has 1 saturated heterocycles. The lowest BCUT2D eigenvalue weighted by Gasteiger charge is -2.31. The number of hydrogen-bond acceptors (Lipinski definition) is 2. The Morgan fingerprint density at radius 2 is 1.68 bits per heavy atom. The first kappa shape index (κ1) is 15.0. The van der Waals surface area contributed by atoms with Crippen molar-refractivity contribution in [1.29, 1.82) is 0 Å². The van der Waals surface area contributed by atoms with Crippen LogP contribution in [0.1, 0.15) is 28.8 Å². The molecule has 2 unspecified atom stereocenters. The van der Waals surface area contributed by atoms with Crippen molar-refractivity contribution in [2.45, 2.75) is 25.3 Å². The molecule has 2 atom stereocenters. The van der Waals surface area contributed by atoms with Crippen LogP contribution in [0.2, 0.25) is 0 Å². The van der Waals surface area contributed by atoms with Crippen molar-refractivity contribution in [2.24, 2.45) is 5.92 Å². The molecular weight excluding hydrogens is 270 g/mol. The number of benzene rings is 2. The fourth-order valence-electron chi connectivity index (χ4n) is 3.58. The molecule has 22 heavy (non-hydrogen) atoms. The Kier molecular flexibility index (Phi) is 4.69. The fraction of sp³-hybridized carbons (Fsp3) is 0.350. The van der Waals surface area contributed by atoms with Gasteiger partial charge in [0.1, 0.15) is 13.6 Å². The molecule has 2 nitrogen and oxygen atoms in total. The van der Waals surface area contributed by atoms with Crippen LogP contribution in [0.3, 0.4) is 0 Å². The minimum Gasteiger partial charge on any atom is -0.287 e. The predicted molar refractivity (Wildman–Crippen MR) is 90.4 cm³/mol. The summed E-state index contributed by atoms with van der Waals surface area (Å²) in [7, 11) is 2.09. The summed E-state index contributed by atoms with van der Waals surface area (Å²) in [5.74, 6) is 0.664. The van der Waals surface area contributed by atoms with Crippen molar-refractivity contribution in [3.05, 3.63) is 71.8 Å². The number of nitrogens with zero attached hydrogens (tertiary/aromatic N) is 1. The Bertz CT molecular complexity index is 608. The number of carbonyl (C=O) groups is 1. The standard InChI is InChI=1S/C20H23NO/c1-21-14-8-13-18(15-16-9-4-2-5-10-16)19(21)20(22)17-11-6-3-7-12-17/h2-7,9-12,18-19H,8,13-15H2,1H3/q+1. The number of hydrogen-bond donors (Lipinski definition) is 0. The van der Waals surface area contributed by atoms with E-state index in [0.29, 0.717) is 5.92 Å². The van der Waals surface area contributed by atoms with E-state index in [4.69, 9.17) is 0 Å². The van der Waals surface area contributed by atoms with Gasteiger partial charge in [0.05, 0.1) is 0 Å². The summed E-state index contributed by atoms with van der Waals surface area (Å²) in [5, 5.41) is 0. The van der Waals surface area contributed by atoms with Gasteiger partial charge in [-0.1, -0.05) is 60.7 Å². The van der Waals surface area contributed by atoms with Crippen molar-refractivity contribution in [3.63, 3.8) is 0 Å². The molecule has 0 aromatic heterocycles. The van der Waals surface area contributed by atoms with Crippen LogP contribution in [-0.2, 0) is 6.42 Å². The molecule has 0 N–H and O–H groups in total. The van der Waals surface area contributed by atoms with Crippen LogP contribution >= 0.6 is 0 Å². The Balaban J connectivity index is 1.83. The van der Waals surface area contributed by atoms with Crippen LogP contribution < -0.4 is 4.90 Å². The Hall–Kier alpha value is -1.93. The molecule has 0 saturated carbocycles. The van der Waals surface area contributed by atoms with Gasteiger partial charge < -0.3 is 0 Å². The summed E-state index contributed by atoms with van der Waals surface area (Å²) in [5.41, 5.74) is 2.16. The van der Waals surface area contributed by atoms with E-state index in [-0.39, 0.29) is 11.8 Å². The molecule has 2 aromatic carbocycles. The van der Waals surface area contributed by atoms with Crippen LogP contribution in [0.15, 0.2) is 60.7 Å². The van der Waals surface area contributed by atoms with Crippen LogP contribution in [0, 0.1) is 5.92 Å². The van der Waals surface area contributed by atoms with Crippen molar-refractivity contribution in [1.82, 2.24) is 4.90 Å². The van der Waals surface area contributed by atoms with E-state index in [2.05, 4.69) is 36.2 Å². The fourth-order valence-corrected chi connectivity index (χ4v) is 3.58. The van der Waals surface area contributed by atoms with Gasteiger partial charge in [0.25, 0.3) is 0 Å². The molecule has 1 aliphatic heterocycles. The van der Waals surface area contributed by atoms with Crippen LogP contribution in [0.25, 0.3) is 0 Å². The quantitative estimate of drug-likeness (QED) is 0.623. The monoisotopic (exact) mass is 293 g/mol. The van der Waals surface area contributed by atoms with Crippen molar-refractivity contribution in [2.75, 3.05) is 13.6 Å². The third kappa shape index (κ3) is 3.28. The molecule has 1 aliphatic rings. The van der Waals surface area contributed by atoms with Gasteiger partial charge >= 0.3 is 0 Å². The summed E-state index contributed by atoms with van der Waals surface area (Å²) in [6, 6.07) is 20.3. The zero-order valence-corrected chi connectivity index (χ0v) is 13.1. The summed E-state index contributed by atoms with van der Waals surface area (Å²) in [6.07, 6.45) is 3.28. The molecular formula is C20H23NO+. The molecule has 2 aromatic rings. The highest BCUT2D eigenvalue weighted by Gasteiger charge is 2.42. The largest absolute Gasteiger partial charge is 0.287 e. The molecule has 2 heteroatoms. The van der Waals surface area contributed by atoms with E-state index in [1.165, 1.54) is 12.0 Å². The zero-order chi connectivity index (χ0) is 15.4. The first-order chi connectivity index (χ1) is 10.8. The average molecular weight is 293 g/mol. The highest BCUT2D eigenvalue weighted by atomic mass is 16.1. The third-order valence-corrected chi connectivity index (χ3v) is 4.67. The first-order valence-electron chi connectivity index (χ1n) is 8.09. The summed E-state index contributed by atoms with van der Waals surface area (Å²) >= 11 is 0. The number of Topliss-reactive ketones (excluding diaryl/α,β-unsaturated/α-hetero) is 1. The van der Waals surface area contributed by atoms with E-state index in [1.807, 2.05) is 36.4 Å². The average Bonchev–Trinajstić information content (AvgIpc) is 2.56. The maximum Gasteiger partial charge on any atom is 0.225 e. The van der Waals surface area contributed by atoms with Gasteiger partial charge in [0.15, 0.2) is 6.04 Å². The number of rotatable bonds is 4. The van der Waals surface area contributed by atoms with Gasteiger partial charge in [-0.15, -0.1) is 0 Å². The van der Waals surface area contributed by atoms with E-state index in [9.17, 15) is 4.79 Å². The maximum atomic E-state index is 13.0. The van der Waals surface area contributed by atoms with Gasteiger partial charge in [-0.3, -0.25) is 4.79 Å². The minimum atomic E-state index is -0.00337. The molecule has 1 radical (unpaired) electrons. The lowest BCUT2D eigenvalue weighted by molar-refractivity contribution is 0.0814. The Labute approximate surface area is 132 Å².